The number of allylic oxidation sites excluding steroid dienone is 1. The van der Waals surface area contributed by atoms with E-state index in [-0.39, 0.29) is 11.8 Å². The Morgan fingerprint density at radius 2 is 2.17 bits per heavy atom. The van der Waals surface area contributed by atoms with E-state index in [0.717, 1.165) is 50.5 Å². The molecule has 1 aromatic rings. The molecule has 0 saturated carbocycles. The van der Waals surface area contributed by atoms with Crippen LogP contribution in [0.4, 0.5) is 5.95 Å². The minimum atomic E-state index is 0.131. The number of carbonyl (C=O) groups excluding carboxylic acids is 1. The molecule has 3 rings (SSSR count). The largest absolute Gasteiger partial charge is 0.356 e. The van der Waals surface area contributed by atoms with Crippen LogP contribution in [0.15, 0.2) is 23.9 Å². The third-order valence-corrected chi connectivity index (χ3v) is 5.06. The van der Waals surface area contributed by atoms with Crippen LogP contribution in [0.1, 0.15) is 50.6 Å². The first-order valence-corrected chi connectivity index (χ1v) is 9.22. The molecule has 0 atom stereocenters. The summed E-state index contributed by atoms with van der Waals surface area (Å²) < 4.78 is 0. The maximum absolute atomic E-state index is 12.4. The van der Waals surface area contributed by atoms with Crippen molar-refractivity contribution in [3.8, 4) is 0 Å². The number of rotatable bonds is 5. The van der Waals surface area contributed by atoms with E-state index in [2.05, 4.69) is 26.3 Å². The van der Waals surface area contributed by atoms with Gasteiger partial charge in [0.1, 0.15) is 0 Å². The Morgan fingerprint density at radius 3 is 2.88 bits per heavy atom. The van der Waals surface area contributed by atoms with Gasteiger partial charge >= 0.3 is 0 Å². The molecule has 1 aromatic heterocycles. The van der Waals surface area contributed by atoms with Crippen molar-refractivity contribution in [1.29, 1.82) is 0 Å². The molecular formula is C19H28N4O. The minimum Gasteiger partial charge on any atom is -0.356 e. The molecule has 24 heavy (non-hydrogen) atoms. The Morgan fingerprint density at radius 1 is 1.33 bits per heavy atom. The van der Waals surface area contributed by atoms with Crippen molar-refractivity contribution in [2.45, 2.75) is 51.9 Å². The van der Waals surface area contributed by atoms with Gasteiger partial charge in [-0.05, 0) is 57.9 Å². The van der Waals surface area contributed by atoms with Crippen molar-refractivity contribution < 1.29 is 4.79 Å². The van der Waals surface area contributed by atoms with Crippen LogP contribution in [0.2, 0.25) is 0 Å². The van der Waals surface area contributed by atoms with E-state index in [4.69, 9.17) is 0 Å². The normalized spacial score (nSPS) is 19.0. The molecule has 2 aliphatic rings. The fourth-order valence-corrected chi connectivity index (χ4v) is 3.55. The fourth-order valence-electron chi connectivity index (χ4n) is 3.55. The SMILES string of the molecule is Cc1ccnc(N2CCC(C(=O)NCCC3=CCCCC3)CC2)n1. The van der Waals surface area contributed by atoms with Gasteiger partial charge in [0.15, 0.2) is 0 Å². The number of amides is 1. The summed E-state index contributed by atoms with van der Waals surface area (Å²) in [6.45, 7) is 4.47. The maximum Gasteiger partial charge on any atom is 0.225 e. The standard InChI is InChI=1S/C19H28N4O/c1-15-7-11-21-19(22-15)23-13-9-17(10-14-23)18(24)20-12-8-16-5-3-2-4-6-16/h5,7,11,17H,2-4,6,8-10,12-14H2,1H3,(H,20,24). The number of hydrogen-bond acceptors (Lipinski definition) is 4. The number of piperidine rings is 1. The molecule has 130 valence electrons. The molecule has 0 unspecified atom stereocenters. The van der Waals surface area contributed by atoms with Crippen LogP contribution in [0, 0.1) is 12.8 Å². The van der Waals surface area contributed by atoms with Crippen LogP contribution in [-0.4, -0.2) is 35.5 Å². The van der Waals surface area contributed by atoms with Gasteiger partial charge < -0.3 is 10.2 Å². The average Bonchev–Trinajstić information content (AvgIpc) is 2.63. The third-order valence-electron chi connectivity index (χ3n) is 5.06. The molecule has 0 spiro atoms. The van der Waals surface area contributed by atoms with Gasteiger partial charge in [0.05, 0.1) is 0 Å². The zero-order valence-corrected chi connectivity index (χ0v) is 14.6. The van der Waals surface area contributed by atoms with Crippen molar-refractivity contribution in [2.24, 2.45) is 5.92 Å². The smallest absolute Gasteiger partial charge is 0.225 e. The van der Waals surface area contributed by atoms with Gasteiger partial charge in [-0.2, -0.15) is 0 Å². The lowest BCUT2D eigenvalue weighted by molar-refractivity contribution is -0.125. The number of aromatic nitrogens is 2. The van der Waals surface area contributed by atoms with Crippen LogP contribution >= 0.6 is 0 Å². The van der Waals surface area contributed by atoms with E-state index in [1.165, 1.54) is 31.3 Å². The highest BCUT2D eigenvalue weighted by molar-refractivity contribution is 5.78. The van der Waals surface area contributed by atoms with Crippen molar-refractivity contribution in [3.05, 3.63) is 29.6 Å². The van der Waals surface area contributed by atoms with Crippen LogP contribution in [0.5, 0.6) is 0 Å². The molecule has 1 amide bonds. The Labute approximate surface area is 144 Å². The molecule has 0 radical (unpaired) electrons. The molecule has 0 bridgehead atoms. The summed E-state index contributed by atoms with van der Waals surface area (Å²) in [5.74, 6) is 1.14. The summed E-state index contributed by atoms with van der Waals surface area (Å²) in [5, 5.41) is 3.13. The predicted molar refractivity (Wildman–Crippen MR) is 95.9 cm³/mol. The Balaban J connectivity index is 1.41. The number of nitrogens with zero attached hydrogens (tertiary/aromatic N) is 3. The lowest BCUT2D eigenvalue weighted by atomic mass is 9.95. The number of anilines is 1. The summed E-state index contributed by atoms with van der Waals surface area (Å²) in [6, 6.07) is 1.91. The van der Waals surface area contributed by atoms with Crippen LogP contribution in [0.3, 0.4) is 0 Å². The Hall–Kier alpha value is -1.91. The number of aryl methyl sites for hydroxylation is 1. The van der Waals surface area contributed by atoms with Gasteiger partial charge in [0, 0.05) is 37.4 Å². The van der Waals surface area contributed by atoms with Crippen molar-refractivity contribution >= 4 is 11.9 Å². The highest BCUT2D eigenvalue weighted by atomic mass is 16.1. The highest BCUT2D eigenvalue weighted by Crippen LogP contribution is 2.22. The zero-order chi connectivity index (χ0) is 16.8. The molecule has 5 heteroatoms. The topological polar surface area (TPSA) is 58.1 Å². The molecule has 5 nitrogen and oxygen atoms in total. The molecule has 1 N–H and O–H groups in total. The van der Waals surface area contributed by atoms with Gasteiger partial charge in [-0.15, -0.1) is 0 Å². The van der Waals surface area contributed by atoms with Gasteiger partial charge in [-0.25, -0.2) is 9.97 Å². The Kier molecular flexibility index (Phi) is 5.83. The first-order valence-electron chi connectivity index (χ1n) is 9.22. The molecule has 1 fully saturated rings. The lowest BCUT2D eigenvalue weighted by Crippen LogP contribution is -2.41. The van der Waals surface area contributed by atoms with Gasteiger partial charge in [0.25, 0.3) is 0 Å². The van der Waals surface area contributed by atoms with Crippen LogP contribution in [0.25, 0.3) is 0 Å². The quantitative estimate of drug-likeness (QED) is 0.844. The van der Waals surface area contributed by atoms with Gasteiger partial charge in [-0.3, -0.25) is 4.79 Å². The van der Waals surface area contributed by atoms with E-state index in [1.54, 1.807) is 6.20 Å². The fraction of sp³-hybridized carbons (Fsp3) is 0.632. The van der Waals surface area contributed by atoms with E-state index in [9.17, 15) is 4.79 Å². The minimum absolute atomic E-state index is 0.131. The summed E-state index contributed by atoms with van der Waals surface area (Å²) >= 11 is 0. The Bertz CT molecular complexity index is 591. The molecule has 0 aromatic carbocycles. The third kappa shape index (κ3) is 4.56. The van der Waals surface area contributed by atoms with Crippen molar-refractivity contribution in [1.82, 2.24) is 15.3 Å². The van der Waals surface area contributed by atoms with Crippen LogP contribution in [-0.2, 0) is 4.79 Å². The van der Waals surface area contributed by atoms with Crippen LogP contribution < -0.4 is 10.2 Å². The van der Waals surface area contributed by atoms with E-state index < -0.39 is 0 Å². The number of hydrogen-bond donors (Lipinski definition) is 1. The van der Waals surface area contributed by atoms with Crippen molar-refractivity contribution in [3.63, 3.8) is 0 Å². The predicted octanol–water partition coefficient (Wildman–Crippen LogP) is 3.01. The van der Waals surface area contributed by atoms with Gasteiger partial charge in [0.2, 0.25) is 11.9 Å². The van der Waals surface area contributed by atoms with E-state index in [1.807, 2.05) is 13.0 Å². The number of carbonyl (C=O) groups is 1. The highest BCUT2D eigenvalue weighted by Gasteiger charge is 2.25. The summed E-state index contributed by atoms with van der Waals surface area (Å²) in [7, 11) is 0. The first-order chi connectivity index (χ1) is 11.7. The molecular weight excluding hydrogens is 300 g/mol. The molecule has 1 saturated heterocycles. The van der Waals surface area contributed by atoms with E-state index >= 15 is 0 Å². The maximum atomic E-state index is 12.4. The molecule has 2 heterocycles. The lowest BCUT2D eigenvalue weighted by Gasteiger charge is -2.31. The summed E-state index contributed by atoms with van der Waals surface area (Å²) in [4.78, 5) is 23.4. The number of nitrogens with one attached hydrogen (secondary N) is 1. The van der Waals surface area contributed by atoms with Gasteiger partial charge in [-0.1, -0.05) is 11.6 Å². The first kappa shape index (κ1) is 16.9. The second kappa shape index (κ2) is 8.27. The molecule has 1 aliphatic carbocycles. The zero-order valence-electron chi connectivity index (χ0n) is 14.6. The average molecular weight is 328 g/mol. The summed E-state index contributed by atoms with van der Waals surface area (Å²) in [5.41, 5.74) is 2.50. The summed E-state index contributed by atoms with van der Waals surface area (Å²) in [6.07, 6.45) is 12.0. The molecule has 1 aliphatic heterocycles. The van der Waals surface area contributed by atoms with Crippen molar-refractivity contribution in [2.75, 3.05) is 24.5 Å². The monoisotopic (exact) mass is 328 g/mol. The van der Waals surface area contributed by atoms with E-state index in [0.29, 0.717) is 0 Å². The second-order valence-corrected chi connectivity index (χ2v) is 6.91. The second-order valence-electron chi connectivity index (χ2n) is 6.91.